The third-order valence-corrected chi connectivity index (χ3v) is 5.70. The molecule has 7 nitrogen and oxygen atoms in total. The lowest BCUT2D eigenvalue weighted by Gasteiger charge is -2.39. The van der Waals surface area contributed by atoms with Gasteiger partial charge in [0.1, 0.15) is 5.65 Å². The Labute approximate surface area is 190 Å². The van der Waals surface area contributed by atoms with Gasteiger partial charge in [-0.25, -0.2) is 9.97 Å². The zero-order valence-electron chi connectivity index (χ0n) is 16.0. The molecule has 3 aromatic rings. The van der Waals surface area contributed by atoms with Crippen LogP contribution in [-0.4, -0.2) is 49.9 Å². The molecule has 0 spiro atoms. The van der Waals surface area contributed by atoms with Gasteiger partial charge < -0.3 is 19.2 Å². The predicted octanol–water partition coefficient (Wildman–Crippen LogP) is 3.57. The first kappa shape index (κ1) is 21.1. The number of hydrogen-bond donors (Lipinski definition) is 1. The van der Waals surface area contributed by atoms with Gasteiger partial charge in [-0.05, 0) is 40.4 Å². The molecule has 1 saturated heterocycles. The Kier molecular flexibility index (Phi) is 6.97. The van der Waals surface area contributed by atoms with Gasteiger partial charge in [0, 0.05) is 49.4 Å². The maximum absolute atomic E-state index is 4.67. The highest BCUT2D eigenvalue weighted by atomic mass is 127. The first-order valence-electron chi connectivity index (χ1n) is 9.20. The highest BCUT2D eigenvalue weighted by Crippen LogP contribution is 2.27. The minimum Gasteiger partial charge on any atom is -0.351 e. The number of nitrogens with zero attached hydrogens (tertiary/aromatic N) is 6. The van der Waals surface area contributed by atoms with Crippen LogP contribution in [0.15, 0.2) is 52.7 Å². The van der Waals surface area contributed by atoms with E-state index in [9.17, 15) is 0 Å². The lowest BCUT2D eigenvalue weighted by atomic mass is 9.93. The van der Waals surface area contributed by atoms with E-state index < -0.39 is 0 Å². The van der Waals surface area contributed by atoms with Crippen molar-refractivity contribution in [3.8, 4) is 0 Å². The summed E-state index contributed by atoms with van der Waals surface area (Å²) >= 11 is 3.50. The minimum absolute atomic E-state index is 0. The first-order valence-corrected chi connectivity index (χ1v) is 9.99. The van der Waals surface area contributed by atoms with E-state index in [4.69, 9.17) is 0 Å². The quantitative estimate of drug-likeness (QED) is 0.304. The minimum atomic E-state index is 0. The second-order valence-electron chi connectivity index (χ2n) is 7.04. The van der Waals surface area contributed by atoms with Crippen LogP contribution in [0.3, 0.4) is 0 Å². The largest absolute Gasteiger partial charge is 0.351 e. The van der Waals surface area contributed by atoms with Crippen LogP contribution in [0.25, 0.3) is 5.65 Å². The molecule has 28 heavy (non-hydrogen) atoms. The number of imidazole rings is 2. The number of likely N-dealkylation sites (tertiary alicyclic amines) is 1. The SMILES string of the molecule is CN=C(NCc1cn2cc(Br)ccc2n1)N1CCC(C)C(n2ccnc2)C1.I. The number of piperidine rings is 1. The van der Waals surface area contributed by atoms with Gasteiger partial charge in [-0.15, -0.1) is 24.0 Å². The maximum atomic E-state index is 4.67. The van der Waals surface area contributed by atoms with Gasteiger partial charge in [0.05, 0.1) is 24.6 Å². The summed E-state index contributed by atoms with van der Waals surface area (Å²) < 4.78 is 5.28. The summed E-state index contributed by atoms with van der Waals surface area (Å²) in [6, 6.07) is 4.42. The fourth-order valence-electron chi connectivity index (χ4n) is 3.70. The molecule has 1 N–H and O–H groups in total. The number of nitrogens with one attached hydrogen (secondary N) is 1. The molecule has 1 fully saturated rings. The van der Waals surface area contributed by atoms with E-state index in [1.807, 2.05) is 48.5 Å². The fraction of sp³-hybridized carbons (Fsp3) is 0.421. The molecule has 0 bridgehead atoms. The standard InChI is InChI=1S/C19H24BrN7.HI/c1-14-5-7-25(12-17(14)26-8-6-22-13-26)19(21-2)23-9-16-11-27-10-15(20)3-4-18(27)24-16;/h3-4,6,8,10-11,13-14,17H,5,7,9,12H2,1-2H3,(H,21,23);1H. The monoisotopic (exact) mass is 557 g/mol. The topological polar surface area (TPSA) is 62.8 Å². The molecule has 0 amide bonds. The van der Waals surface area contributed by atoms with Crippen LogP contribution in [0.5, 0.6) is 0 Å². The summed E-state index contributed by atoms with van der Waals surface area (Å²) in [6.07, 6.45) is 11.0. The van der Waals surface area contributed by atoms with Crippen molar-refractivity contribution in [3.05, 3.63) is 53.4 Å². The molecule has 0 aliphatic carbocycles. The zero-order chi connectivity index (χ0) is 18.8. The molecule has 0 saturated carbocycles. The van der Waals surface area contributed by atoms with Gasteiger partial charge in [-0.2, -0.15) is 0 Å². The summed E-state index contributed by atoms with van der Waals surface area (Å²) in [5.74, 6) is 1.54. The van der Waals surface area contributed by atoms with Crippen molar-refractivity contribution < 1.29 is 0 Å². The lowest BCUT2D eigenvalue weighted by Crippen LogP contribution is -2.48. The molecule has 3 aromatic heterocycles. The van der Waals surface area contributed by atoms with Crippen molar-refractivity contribution in [2.45, 2.75) is 25.9 Å². The highest BCUT2D eigenvalue weighted by molar-refractivity contribution is 14.0. The van der Waals surface area contributed by atoms with Gasteiger partial charge in [0.25, 0.3) is 0 Å². The summed E-state index contributed by atoms with van der Waals surface area (Å²) in [7, 11) is 1.84. The molecule has 150 valence electrons. The zero-order valence-corrected chi connectivity index (χ0v) is 19.9. The lowest BCUT2D eigenvalue weighted by molar-refractivity contribution is 0.189. The first-order chi connectivity index (χ1) is 13.1. The molecule has 4 heterocycles. The Morgan fingerprint density at radius 1 is 1.36 bits per heavy atom. The van der Waals surface area contributed by atoms with Gasteiger partial charge in [0.15, 0.2) is 5.96 Å². The molecular weight excluding hydrogens is 533 g/mol. The van der Waals surface area contributed by atoms with E-state index in [2.05, 4.69) is 58.8 Å². The van der Waals surface area contributed by atoms with Gasteiger partial charge in [-0.1, -0.05) is 6.92 Å². The van der Waals surface area contributed by atoms with Crippen molar-refractivity contribution in [2.24, 2.45) is 10.9 Å². The van der Waals surface area contributed by atoms with E-state index in [0.29, 0.717) is 18.5 Å². The summed E-state index contributed by atoms with van der Waals surface area (Å²) in [6.45, 7) is 4.89. The molecular formula is C19H25BrIN7. The van der Waals surface area contributed by atoms with E-state index in [0.717, 1.165) is 41.3 Å². The van der Waals surface area contributed by atoms with E-state index in [1.54, 1.807) is 0 Å². The number of guanidine groups is 1. The van der Waals surface area contributed by atoms with Gasteiger partial charge in [0.2, 0.25) is 0 Å². The molecule has 1 aliphatic rings. The summed E-state index contributed by atoms with van der Waals surface area (Å²) in [5, 5.41) is 3.48. The second-order valence-corrected chi connectivity index (χ2v) is 7.95. The predicted molar refractivity (Wildman–Crippen MR) is 125 cm³/mol. The maximum Gasteiger partial charge on any atom is 0.194 e. The van der Waals surface area contributed by atoms with Crippen molar-refractivity contribution in [1.29, 1.82) is 0 Å². The molecule has 1 aliphatic heterocycles. The van der Waals surface area contributed by atoms with Crippen molar-refractivity contribution >= 4 is 51.5 Å². The van der Waals surface area contributed by atoms with Crippen LogP contribution in [0.4, 0.5) is 0 Å². The Morgan fingerprint density at radius 3 is 2.96 bits per heavy atom. The van der Waals surface area contributed by atoms with Crippen molar-refractivity contribution in [2.75, 3.05) is 20.1 Å². The normalized spacial score (nSPS) is 20.2. The van der Waals surface area contributed by atoms with Crippen molar-refractivity contribution in [1.82, 2.24) is 29.2 Å². The Morgan fingerprint density at radius 2 is 2.21 bits per heavy atom. The van der Waals surface area contributed by atoms with Gasteiger partial charge >= 0.3 is 0 Å². The molecule has 0 radical (unpaired) electrons. The Hall–Kier alpha value is -1.62. The van der Waals surface area contributed by atoms with E-state index >= 15 is 0 Å². The summed E-state index contributed by atoms with van der Waals surface area (Å²) in [4.78, 5) is 15.7. The number of hydrogen-bond acceptors (Lipinski definition) is 3. The number of aliphatic imine (C=N–C) groups is 1. The van der Waals surface area contributed by atoms with Crippen LogP contribution >= 0.6 is 39.9 Å². The van der Waals surface area contributed by atoms with Crippen LogP contribution in [-0.2, 0) is 6.54 Å². The van der Waals surface area contributed by atoms with Crippen LogP contribution in [0.1, 0.15) is 25.1 Å². The molecule has 2 unspecified atom stereocenters. The average Bonchev–Trinajstić information content (AvgIpc) is 3.32. The number of rotatable bonds is 3. The number of fused-ring (bicyclic) bond motifs is 1. The number of halogens is 2. The average molecular weight is 558 g/mol. The molecule has 9 heteroatoms. The second kappa shape index (κ2) is 9.25. The number of pyridine rings is 1. The van der Waals surface area contributed by atoms with Crippen LogP contribution in [0, 0.1) is 5.92 Å². The van der Waals surface area contributed by atoms with Gasteiger partial charge in [-0.3, -0.25) is 4.99 Å². The third kappa shape index (κ3) is 4.51. The van der Waals surface area contributed by atoms with E-state index in [-0.39, 0.29) is 24.0 Å². The van der Waals surface area contributed by atoms with Crippen molar-refractivity contribution in [3.63, 3.8) is 0 Å². The Bertz CT molecular complexity index is 937. The fourth-order valence-corrected chi connectivity index (χ4v) is 4.05. The summed E-state index contributed by atoms with van der Waals surface area (Å²) in [5.41, 5.74) is 1.93. The molecule has 0 aromatic carbocycles. The smallest absolute Gasteiger partial charge is 0.194 e. The molecule has 2 atom stereocenters. The number of aromatic nitrogens is 4. The third-order valence-electron chi connectivity index (χ3n) is 5.23. The van der Waals surface area contributed by atoms with Crippen LogP contribution in [0.2, 0.25) is 0 Å². The van der Waals surface area contributed by atoms with Crippen LogP contribution < -0.4 is 5.32 Å². The Balaban J connectivity index is 0.00000225. The van der Waals surface area contributed by atoms with E-state index in [1.165, 1.54) is 0 Å². The highest BCUT2D eigenvalue weighted by Gasteiger charge is 2.28. The molecule has 4 rings (SSSR count).